The molecular formula is C12H6Cl3FO. The van der Waals surface area contributed by atoms with Crippen LogP contribution >= 0.6 is 34.8 Å². The third-order valence-corrected chi connectivity index (χ3v) is 3.05. The van der Waals surface area contributed by atoms with E-state index in [0.29, 0.717) is 21.5 Å². The lowest BCUT2D eigenvalue weighted by Gasteiger charge is -2.08. The summed E-state index contributed by atoms with van der Waals surface area (Å²) in [5, 5.41) is 1.00. The summed E-state index contributed by atoms with van der Waals surface area (Å²) < 4.78 is 18.3. The van der Waals surface area contributed by atoms with Crippen molar-refractivity contribution in [3.63, 3.8) is 0 Å². The Kier molecular flexibility index (Phi) is 3.77. The maximum Gasteiger partial charge on any atom is 0.146 e. The summed E-state index contributed by atoms with van der Waals surface area (Å²) in [5.74, 6) is 0.413. The predicted octanol–water partition coefficient (Wildman–Crippen LogP) is 5.58. The van der Waals surface area contributed by atoms with Gasteiger partial charge in [-0.2, -0.15) is 0 Å². The number of ether oxygens (including phenoxy) is 1. The summed E-state index contributed by atoms with van der Waals surface area (Å²) in [6.07, 6.45) is 0. The van der Waals surface area contributed by atoms with E-state index in [4.69, 9.17) is 39.5 Å². The van der Waals surface area contributed by atoms with E-state index in [2.05, 4.69) is 0 Å². The van der Waals surface area contributed by atoms with Gasteiger partial charge in [0.25, 0.3) is 0 Å². The summed E-state index contributed by atoms with van der Waals surface area (Å²) in [7, 11) is 0. The molecule has 1 nitrogen and oxygen atoms in total. The first-order valence-electron chi connectivity index (χ1n) is 4.64. The Balaban J connectivity index is 2.28. The third-order valence-electron chi connectivity index (χ3n) is 2.01. The van der Waals surface area contributed by atoms with Crippen LogP contribution in [0.25, 0.3) is 0 Å². The fraction of sp³-hybridized carbons (Fsp3) is 0. The Bertz CT molecular complexity index is 557. The van der Waals surface area contributed by atoms with Crippen LogP contribution in [0.4, 0.5) is 4.39 Å². The Morgan fingerprint density at radius 3 is 2.24 bits per heavy atom. The van der Waals surface area contributed by atoms with Crippen molar-refractivity contribution >= 4 is 34.8 Å². The average Bonchev–Trinajstić information content (AvgIpc) is 2.27. The van der Waals surface area contributed by atoms with Gasteiger partial charge in [-0.05, 0) is 30.3 Å². The molecule has 0 saturated carbocycles. The van der Waals surface area contributed by atoms with E-state index in [1.807, 2.05) is 0 Å². The molecule has 0 aliphatic carbocycles. The van der Waals surface area contributed by atoms with Crippen molar-refractivity contribution < 1.29 is 9.13 Å². The van der Waals surface area contributed by atoms with E-state index in [0.717, 1.165) is 0 Å². The molecule has 2 aromatic carbocycles. The lowest BCUT2D eigenvalue weighted by atomic mass is 10.3. The summed E-state index contributed by atoms with van der Waals surface area (Å²) in [4.78, 5) is 0. The molecule has 2 aromatic rings. The Morgan fingerprint density at radius 2 is 1.59 bits per heavy atom. The van der Waals surface area contributed by atoms with Crippen molar-refractivity contribution in [3.05, 3.63) is 57.3 Å². The van der Waals surface area contributed by atoms with E-state index in [9.17, 15) is 4.39 Å². The number of halogens is 4. The van der Waals surface area contributed by atoms with Crippen molar-refractivity contribution in [1.82, 2.24) is 0 Å². The van der Waals surface area contributed by atoms with Gasteiger partial charge in [0.2, 0.25) is 0 Å². The molecule has 0 aromatic heterocycles. The molecule has 0 heterocycles. The van der Waals surface area contributed by atoms with Gasteiger partial charge in [0.15, 0.2) is 0 Å². The zero-order valence-corrected chi connectivity index (χ0v) is 10.7. The molecule has 2 rings (SSSR count). The van der Waals surface area contributed by atoms with Crippen LogP contribution in [0.5, 0.6) is 11.5 Å². The molecule has 0 atom stereocenters. The van der Waals surface area contributed by atoms with Crippen LogP contribution in [0, 0.1) is 5.82 Å². The summed E-state index contributed by atoms with van der Waals surface area (Å²) in [6.45, 7) is 0. The van der Waals surface area contributed by atoms with Gasteiger partial charge >= 0.3 is 0 Å². The molecule has 0 amide bonds. The topological polar surface area (TPSA) is 9.23 Å². The third kappa shape index (κ3) is 3.03. The van der Waals surface area contributed by atoms with Crippen molar-refractivity contribution in [3.8, 4) is 11.5 Å². The van der Waals surface area contributed by atoms with Gasteiger partial charge in [-0.15, -0.1) is 0 Å². The second-order valence-electron chi connectivity index (χ2n) is 3.25. The van der Waals surface area contributed by atoms with E-state index >= 15 is 0 Å². The highest BCUT2D eigenvalue weighted by Gasteiger charge is 2.06. The predicted molar refractivity (Wildman–Crippen MR) is 67.9 cm³/mol. The lowest BCUT2D eigenvalue weighted by Crippen LogP contribution is -1.86. The smallest absolute Gasteiger partial charge is 0.146 e. The quantitative estimate of drug-likeness (QED) is 0.702. The van der Waals surface area contributed by atoms with E-state index in [1.54, 1.807) is 18.2 Å². The SMILES string of the molecule is Fc1ccc(Oc2ccc(Cl)c(Cl)c2)c(Cl)c1. The molecule has 5 heteroatoms. The molecule has 0 spiro atoms. The highest BCUT2D eigenvalue weighted by Crippen LogP contribution is 2.33. The van der Waals surface area contributed by atoms with Gasteiger partial charge in [0.1, 0.15) is 17.3 Å². The van der Waals surface area contributed by atoms with Crippen molar-refractivity contribution in [1.29, 1.82) is 0 Å². The van der Waals surface area contributed by atoms with E-state index < -0.39 is 5.82 Å². The van der Waals surface area contributed by atoms with E-state index in [1.165, 1.54) is 18.2 Å². The average molecular weight is 292 g/mol. The normalized spacial score (nSPS) is 10.4. The van der Waals surface area contributed by atoms with Gasteiger partial charge in [0, 0.05) is 6.07 Å². The number of hydrogen-bond donors (Lipinski definition) is 0. The second kappa shape index (κ2) is 5.13. The molecule has 0 saturated heterocycles. The van der Waals surface area contributed by atoms with Gasteiger partial charge < -0.3 is 4.74 Å². The van der Waals surface area contributed by atoms with Crippen LogP contribution in [0.15, 0.2) is 36.4 Å². The van der Waals surface area contributed by atoms with Gasteiger partial charge in [-0.3, -0.25) is 0 Å². The molecule has 0 N–H and O–H groups in total. The van der Waals surface area contributed by atoms with Crippen LogP contribution in [0.1, 0.15) is 0 Å². The summed E-state index contributed by atoms with van der Waals surface area (Å²) in [6, 6.07) is 8.70. The standard InChI is InChI=1S/C12H6Cl3FO/c13-9-3-2-8(6-10(9)14)17-12-4-1-7(16)5-11(12)15/h1-6H. The maximum atomic E-state index is 12.8. The molecule has 0 unspecified atom stereocenters. The largest absolute Gasteiger partial charge is 0.456 e. The first-order valence-corrected chi connectivity index (χ1v) is 5.77. The molecule has 17 heavy (non-hydrogen) atoms. The minimum absolute atomic E-state index is 0.191. The maximum absolute atomic E-state index is 12.8. The highest BCUT2D eigenvalue weighted by atomic mass is 35.5. The molecule has 0 bridgehead atoms. The summed E-state index contributed by atoms with van der Waals surface area (Å²) >= 11 is 17.4. The first kappa shape index (κ1) is 12.5. The minimum atomic E-state index is -0.420. The monoisotopic (exact) mass is 290 g/mol. The fourth-order valence-corrected chi connectivity index (χ4v) is 1.72. The van der Waals surface area contributed by atoms with Crippen LogP contribution < -0.4 is 4.74 Å². The number of rotatable bonds is 2. The van der Waals surface area contributed by atoms with Gasteiger partial charge in [-0.1, -0.05) is 34.8 Å². The Labute approximate surface area is 113 Å². The molecule has 0 fully saturated rings. The number of hydrogen-bond acceptors (Lipinski definition) is 1. The molecule has 88 valence electrons. The van der Waals surface area contributed by atoms with Gasteiger partial charge in [-0.25, -0.2) is 4.39 Å². The minimum Gasteiger partial charge on any atom is -0.456 e. The molecule has 0 aliphatic heterocycles. The fourth-order valence-electron chi connectivity index (χ4n) is 1.23. The van der Waals surface area contributed by atoms with Crippen LogP contribution in [0.2, 0.25) is 15.1 Å². The van der Waals surface area contributed by atoms with Crippen molar-refractivity contribution in [2.45, 2.75) is 0 Å². The van der Waals surface area contributed by atoms with Crippen molar-refractivity contribution in [2.75, 3.05) is 0 Å². The molecular weight excluding hydrogens is 285 g/mol. The zero-order valence-electron chi connectivity index (χ0n) is 8.38. The zero-order chi connectivity index (χ0) is 12.4. The number of benzene rings is 2. The molecule has 0 aliphatic rings. The van der Waals surface area contributed by atoms with Crippen molar-refractivity contribution in [2.24, 2.45) is 0 Å². The Morgan fingerprint density at radius 1 is 0.824 bits per heavy atom. The first-order chi connectivity index (χ1) is 8.06. The highest BCUT2D eigenvalue weighted by molar-refractivity contribution is 6.42. The van der Waals surface area contributed by atoms with Crippen LogP contribution in [-0.4, -0.2) is 0 Å². The summed E-state index contributed by atoms with van der Waals surface area (Å²) in [5.41, 5.74) is 0. The van der Waals surface area contributed by atoms with Crippen LogP contribution in [0.3, 0.4) is 0 Å². The van der Waals surface area contributed by atoms with Gasteiger partial charge in [0.05, 0.1) is 15.1 Å². The van der Waals surface area contributed by atoms with E-state index in [-0.39, 0.29) is 5.02 Å². The second-order valence-corrected chi connectivity index (χ2v) is 4.47. The van der Waals surface area contributed by atoms with Crippen LogP contribution in [-0.2, 0) is 0 Å². The molecule has 0 radical (unpaired) electrons. The lowest BCUT2D eigenvalue weighted by molar-refractivity contribution is 0.481. The Hall–Kier alpha value is -0.960.